The van der Waals surface area contributed by atoms with Gasteiger partial charge in [-0.05, 0) is 6.42 Å². The van der Waals surface area contributed by atoms with Crippen LogP contribution in [0.5, 0.6) is 0 Å². The largest absolute Gasteiger partial charge is 0.383 e. The average Bonchev–Trinajstić information content (AvgIpc) is 3.04. The van der Waals surface area contributed by atoms with Crippen molar-refractivity contribution >= 4 is 21.9 Å². The summed E-state index contributed by atoms with van der Waals surface area (Å²) < 4.78 is 29.9. The molecule has 1 unspecified atom stereocenters. The third-order valence-corrected chi connectivity index (χ3v) is 5.32. The predicted octanol–water partition coefficient (Wildman–Crippen LogP) is -0.332. The molecule has 0 radical (unpaired) electrons. The zero-order chi connectivity index (χ0) is 18.6. The van der Waals surface area contributed by atoms with Crippen LogP contribution in [0.25, 0.3) is 0 Å². The first-order chi connectivity index (χ1) is 11.7. The average molecular weight is 371 g/mol. The molecule has 1 saturated heterocycles. The molecule has 1 atom stereocenters. The second kappa shape index (κ2) is 8.07. The van der Waals surface area contributed by atoms with Gasteiger partial charge in [-0.1, -0.05) is 0 Å². The highest BCUT2D eigenvalue weighted by atomic mass is 32.2. The lowest BCUT2D eigenvalue weighted by Gasteiger charge is -2.18. The topological polar surface area (TPSA) is 105 Å². The molecule has 0 saturated carbocycles. The number of ether oxygens (including phenoxy) is 1. The Kier molecular flexibility index (Phi) is 6.31. The number of hydrogen-bond acceptors (Lipinski definition) is 7. The van der Waals surface area contributed by atoms with E-state index in [-0.39, 0.29) is 11.8 Å². The minimum atomic E-state index is -3.26. The number of methoxy groups -OCH3 is 1. The Morgan fingerprint density at radius 2 is 2.20 bits per heavy atom. The lowest BCUT2D eigenvalue weighted by atomic mass is 10.00. The van der Waals surface area contributed by atoms with E-state index in [0.717, 1.165) is 0 Å². The summed E-state index contributed by atoms with van der Waals surface area (Å²) in [5.41, 5.74) is 0.960. The van der Waals surface area contributed by atoms with E-state index >= 15 is 0 Å². The number of sulfonamides is 1. The Balaban J connectivity index is 2.30. The first-order valence-electron chi connectivity index (χ1n) is 8.00. The lowest BCUT2D eigenvalue weighted by molar-refractivity contribution is 0.0935. The maximum absolute atomic E-state index is 12.5. The lowest BCUT2D eigenvalue weighted by Crippen LogP contribution is -2.30. The Morgan fingerprint density at radius 3 is 2.76 bits per heavy atom. The van der Waals surface area contributed by atoms with Crippen LogP contribution in [0.2, 0.25) is 0 Å². The van der Waals surface area contributed by atoms with Crippen molar-refractivity contribution in [3.63, 3.8) is 0 Å². The van der Waals surface area contributed by atoms with Crippen molar-refractivity contribution in [3.8, 4) is 0 Å². The molecule has 1 aliphatic rings. The monoisotopic (exact) mass is 371 g/mol. The SMILES string of the molecule is COCCNC(=O)c1cnc(N(C)C)nc1C1CCN(S(C)(=O)=O)C1. The number of amides is 1. The van der Waals surface area contributed by atoms with Gasteiger partial charge >= 0.3 is 0 Å². The molecule has 2 heterocycles. The van der Waals surface area contributed by atoms with Gasteiger partial charge in [0.25, 0.3) is 5.91 Å². The number of aromatic nitrogens is 2. The molecule has 2 rings (SSSR count). The maximum Gasteiger partial charge on any atom is 0.254 e. The molecular weight excluding hydrogens is 346 g/mol. The maximum atomic E-state index is 12.5. The van der Waals surface area contributed by atoms with Crippen LogP contribution in [0.3, 0.4) is 0 Å². The number of carbonyl (C=O) groups is 1. The highest BCUT2D eigenvalue weighted by Crippen LogP contribution is 2.30. The normalized spacial score (nSPS) is 18.3. The molecule has 1 aromatic rings. The molecule has 10 heteroatoms. The number of rotatable bonds is 7. The second-order valence-corrected chi connectivity index (χ2v) is 8.20. The molecule has 0 spiro atoms. The van der Waals surface area contributed by atoms with Crippen LogP contribution in [0.15, 0.2) is 6.20 Å². The summed E-state index contributed by atoms with van der Waals surface area (Å²) in [4.78, 5) is 23.0. The predicted molar refractivity (Wildman–Crippen MR) is 94.3 cm³/mol. The molecule has 0 aromatic carbocycles. The molecule has 0 bridgehead atoms. The van der Waals surface area contributed by atoms with Crippen molar-refractivity contribution in [2.45, 2.75) is 12.3 Å². The molecule has 25 heavy (non-hydrogen) atoms. The van der Waals surface area contributed by atoms with Crippen molar-refractivity contribution in [3.05, 3.63) is 17.5 Å². The third-order valence-electron chi connectivity index (χ3n) is 4.05. The number of nitrogens with zero attached hydrogens (tertiary/aromatic N) is 4. The fourth-order valence-electron chi connectivity index (χ4n) is 2.70. The first-order valence-corrected chi connectivity index (χ1v) is 9.85. The Hall–Kier alpha value is -1.78. The fourth-order valence-corrected chi connectivity index (χ4v) is 3.59. The number of anilines is 1. The summed E-state index contributed by atoms with van der Waals surface area (Å²) in [6, 6.07) is 0. The van der Waals surface area contributed by atoms with E-state index in [4.69, 9.17) is 4.74 Å². The van der Waals surface area contributed by atoms with Gasteiger partial charge in [0.2, 0.25) is 16.0 Å². The van der Waals surface area contributed by atoms with E-state index in [0.29, 0.717) is 49.9 Å². The van der Waals surface area contributed by atoms with Crippen LogP contribution in [0.4, 0.5) is 5.95 Å². The van der Waals surface area contributed by atoms with Gasteiger partial charge in [0, 0.05) is 53.0 Å². The first kappa shape index (κ1) is 19.5. The summed E-state index contributed by atoms with van der Waals surface area (Å²) in [7, 11) is 1.93. The molecule has 1 amide bonds. The summed E-state index contributed by atoms with van der Waals surface area (Å²) in [6.45, 7) is 1.53. The van der Waals surface area contributed by atoms with Crippen LogP contribution in [0.1, 0.15) is 28.4 Å². The molecule has 1 N–H and O–H groups in total. The van der Waals surface area contributed by atoms with Gasteiger partial charge in [-0.3, -0.25) is 4.79 Å². The second-order valence-electron chi connectivity index (χ2n) is 6.22. The van der Waals surface area contributed by atoms with E-state index in [1.165, 1.54) is 16.8 Å². The van der Waals surface area contributed by atoms with Crippen LogP contribution in [-0.2, 0) is 14.8 Å². The standard InChI is InChI=1S/C15H25N5O4S/c1-19(2)15-17-9-12(14(21)16-6-8-24-3)13(18-15)11-5-7-20(10-11)25(4,22)23/h9,11H,5-8,10H2,1-4H3,(H,16,21). The zero-order valence-corrected chi connectivity index (χ0v) is 15.8. The minimum absolute atomic E-state index is 0.139. The van der Waals surface area contributed by atoms with Crippen LogP contribution >= 0.6 is 0 Å². The highest BCUT2D eigenvalue weighted by Gasteiger charge is 2.33. The van der Waals surface area contributed by atoms with Crippen molar-refractivity contribution < 1.29 is 17.9 Å². The van der Waals surface area contributed by atoms with Crippen LogP contribution < -0.4 is 10.2 Å². The van der Waals surface area contributed by atoms with E-state index in [2.05, 4.69) is 15.3 Å². The quantitative estimate of drug-likeness (QED) is 0.654. The highest BCUT2D eigenvalue weighted by molar-refractivity contribution is 7.88. The van der Waals surface area contributed by atoms with E-state index in [9.17, 15) is 13.2 Å². The molecule has 1 aromatic heterocycles. The Bertz CT molecular complexity index is 723. The Labute approximate surface area is 148 Å². The minimum Gasteiger partial charge on any atom is -0.383 e. The summed E-state index contributed by atoms with van der Waals surface area (Å²) >= 11 is 0. The van der Waals surface area contributed by atoms with Crippen molar-refractivity contribution in [1.82, 2.24) is 19.6 Å². The van der Waals surface area contributed by atoms with Gasteiger partial charge < -0.3 is 15.0 Å². The van der Waals surface area contributed by atoms with Gasteiger partial charge in [0.05, 0.1) is 24.1 Å². The van der Waals surface area contributed by atoms with E-state index in [1.807, 2.05) is 14.1 Å². The number of hydrogen-bond donors (Lipinski definition) is 1. The Morgan fingerprint density at radius 1 is 1.48 bits per heavy atom. The summed E-state index contributed by atoms with van der Waals surface area (Å²) in [5, 5.41) is 2.76. The molecule has 1 aliphatic heterocycles. The molecule has 1 fully saturated rings. The van der Waals surface area contributed by atoms with Crippen molar-refractivity contribution in [2.75, 3.05) is 58.6 Å². The van der Waals surface area contributed by atoms with Crippen LogP contribution in [-0.4, -0.2) is 82.3 Å². The molecular formula is C15H25N5O4S. The zero-order valence-electron chi connectivity index (χ0n) is 15.0. The number of nitrogens with one attached hydrogen (secondary N) is 1. The van der Waals surface area contributed by atoms with Gasteiger partial charge in [0.1, 0.15) is 0 Å². The van der Waals surface area contributed by atoms with Crippen LogP contribution in [0, 0.1) is 0 Å². The number of carbonyl (C=O) groups excluding carboxylic acids is 1. The summed E-state index contributed by atoms with van der Waals surface area (Å²) in [6.07, 6.45) is 3.32. The molecule has 9 nitrogen and oxygen atoms in total. The van der Waals surface area contributed by atoms with Gasteiger partial charge in [-0.2, -0.15) is 0 Å². The van der Waals surface area contributed by atoms with E-state index < -0.39 is 10.0 Å². The van der Waals surface area contributed by atoms with Gasteiger partial charge in [-0.15, -0.1) is 0 Å². The third kappa shape index (κ3) is 4.86. The van der Waals surface area contributed by atoms with Gasteiger partial charge in [0.15, 0.2) is 0 Å². The molecule has 0 aliphatic carbocycles. The van der Waals surface area contributed by atoms with E-state index in [1.54, 1.807) is 12.0 Å². The smallest absolute Gasteiger partial charge is 0.254 e. The fraction of sp³-hybridized carbons (Fsp3) is 0.667. The molecule has 140 valence electrons. The van der Waals surface area contributed by atoms with Gasteiger partial charge in [-0.25, -0.2) is 22.7 Å². The van der Waals surface area contributed by atoms with Crippen molar-refractivity contribution in [2.24, 2.45) is 0 Å². The van der Waals surface area contributed by atoms with Crippen molar-refractivity contribution in [1.29, 1.82) is 0 Å². The summed E-state index contributed by atoms with van der Waals surface area (Å²) in [5.74, 6) is 0.0657.